The third-order valence-corrected chi connectivity index (χ3v) is 6.38. The Bertz CT molecular complexity index is 1040. The Hall–Kier alpha value is -3.23. The Morgan fingerprint density at radius 2 is 1.75 bits per heavy atom. The van der Waals surface area contributed by atoms with Crippen LogP contribution in [0.15, 0.2) is 60.0 Å². The zero-order valence-electron chi connectivity index (χ0n) is 18.0. The lowest BCUT2D eigenvalue weighted by atomic mass is 10.2. The molecular formula is C24H26N4O3S. The van der Waals surface area contributed by atoms with Gasteiger partial charge in [0.15, 0.2) is 0 Å². The number of nitrogens with one attached hydrogen (secondary N) is 1. The van der Waals surface area contributed by atoms with Gasteiger partial charge in [-0.3, -0.25) is 14.5 Å². The minimum atomic E-state index is -0.228. The second-order valence-corrected chi connectivity index (χ2v) is 8.44. The zero-order chi connectivity index (χ0) is 22.3. The molecule has 2 amide bonds. The van der Waals surface area contributed by atoms with Crippen LogP contribution in [0.25, 0.3) is 10.6 Å². The van der Waals surface area contributed by atoms with E-state index in [4.69, 9.17) is 9.72 Å². The predicted octanol–water partition coefficient (Wildman–Crippen LogP) is 2.89. The van der Waals surface area contributed by atoms with Crippen LogP contribution in [0, 0.1) is 0 Å². The maximum atomic E-state index is 12.5. The summed E-state index contributed by atoms with van der Waals surface area (Å²) in [6.45, 7) is 3.65. The number of ether oxygens (including phenoxy) is 1. The molecule has 2 heterocycles. The monoisotopic (exact) mass is 450 g/mol. The van der Waals surface area contributed by atoms with Gasteiger partial charge in [-0.25, -0.2) is 4.98 Å². The van der Waals surface area contributed by atoms with E-state index in [0.29, 0.717) is 18.7 Å². The fraction of sp³-hybridized carbons (Fsp3) is 0.292. The van der Waals surface area contributed by atoms with Gasteiger partial charge in [-0.2, -0.15) is 0 Å². The van der Waals surface area contributed by atoms with Crippen LogP contribution in [-0.2, 0) is 11.3 Å². The van der Waals surface area contributed by atoms with E-state index in [0.717, 1.165) is 41.6 Å². The number of methoxy groups -OCH3 is 1. The topological polar surface area (TPSA) is 74.8 Å². The molecule has 0 aliphatic carbocycles. The van der Waals surface area contributed by atoms with E-state index in [-0.39, 0.29) is 18.4 Å². The van der Waals surface area contributed by atoms with Crippen molar-refractivity contribution < 1.29 is 14.3 Å². The van der Waals surface area contributed by atoms with Crippen LogP contribution in [0.3, 0.4) is 0 Å². The Kier molecular flexibility index (Phi) is 7.14. The van der Waals surface area contributed by atoms with Crippen molar-refractivity contribution in [3.8, 4) is 16.3 Å². The Morgan fingerprint density at radius 1 is 1.03 bits per heavy atom. The van der Waals surface area contributed by atoms with E-state index in [1.54, 1.807) is 42.7 Å². The number of carbonyl (C=O) groups is 2. The smallest absolute Gasteiger partial charge is 0.251 e. The van der Waals surface area contributed by atoms with Crippen molar-refractivity contribution in [1.82, 2.24) is 20.1 Å². The van der Waals surface area contributed by atoms with Crippen LogP contribution in [-0.4, -0.2) is 66.4 Å². The zero-order valence-corrected chi connectivity index (χ0v) is 18.8. The molecule has 1 aliphatic heterocycles. The number of rotatable bonds is 7. The van der Waals surface area contributed by atoms with E-state index in [1.165, 1.54) is 0 Å². The van der Waals surface area contributed by atoms with Crippen LogP contribution >= 0.6 is 11.3 Å². The summed E-state index contributed by atoms with van der Waals surface area (Å²) in [7, 11) is 1.66. The van der Waals surface area contributed by atoms with Crippen LogP contribution in [0.2, 0.25) is 0 Å². The third-order valence-electron chi connectivity index (χ3n) is 5.44. The van der Waals surface area contributed by atoms with Crippen LogP contribution < -0.4 is 10.1 Å². The Morgan fingerprint density at radius 3 is 2.44 bits per heavy atom. The SMILES string of the molecule is COc1ccc(-c2nc(CN3CCN(C(=O)CNC(=O)c4ccccc4)CC3)cs2)cc1. The maximum Gasteiger partial charge on any atom is 0.251 e. The molecule has 1 N–H and O–H groups in total. The average Bonchev–Trinajstić information content (AvgIpc) is 3.32. The van der Waals surface area contributed by atoms with E-state index < -0.39 is 0 Å². The minimum Gasteiger partial charge on any atom is -0.497 e. The number of piperazine rings is 1. The van der Waals surface area contributed by atoms with Gasteiger partial charge in [0, 0.05) is 49.2 Å². The largest absolute Gasteiger partial charge is 0.497 e. The maximum absolute atomic E-state index is 12.5. The van der Waals surface area contributed by atoms with Gasteiger partial charge in [-0.15, -0.1) is 11.3 Å². The molecule has 0 unspecified atom stereocenters. The molecule has 4 rings (SSSR count). The van der Waals surface area contributed by atoms with Gasteiger partial charge >= 0.3 is 0 Å². The molecule has 0 radical (unpaired) electrons. The molecule has 0 atom stereocenters. The summed E-state index contributed by atoms with van der Waals surface area (Å²) < 4.78 is 5.21. The molecule has 1 aliphatic rings. The summed E-state index contributed by atoms with van der Waals surface area (Å²) in [5, 5.41) is 5.80. The molecule has 1 fully saturated rings. The third kappa shape index (κ3) is 5.52. The van der Waals surface area contributed by atoms with Crippen LogP contribution in [0.1, 0.15) is 16.1 Å². The lowest BCUT2D eigenvalue weighted by molar-refractivity contribution is -0.131. The molecule has 32 heavy (non-hydrogen) atoms. The quantitative estimate of drug-likeness (QED) is 0.599. The van der Waals surface area contributed by atoms with Crippen molar-refractivity contribution in [2.45, 2.75) is 6.54 Å². The van der Waals surface area contributed by atoms with Crippen molar-refractivity contribution in [2.75, 3.05) is 39.8 Å². The van der Waals surface area contributed by atoms with Gasteiger partial charge < -0.3 is 15.0 Å². The highest BCUT2D eigenvalue weighted by atomic mass is 32.1. The number of hydrogen-bond donors (Lipinski definition) is 1. The van der Waals surface area contributed by atoms with Crippen molar-refractivity contribution in [3.63, 3.8) is 0 Å². The lowest BCUT2D eigenvalue weighted by Crippen LogP contribution is -2.50. The second-order valence-electron chi connectivity index (χ2n) is 7.58. The van der Waals surface area contributed by atoms with Gasteiger partial charge in [0.1, 0.15) is 10.8 Å². The highest BCUT2D eigenvalue weighted by Gasteiger charge is 2.22. The fourth-order valence-corrected chi connectivity index (χ4v) is 4.41. The number of amides is 2. The van der Waals surface area contributed by atoms with E-state index in [2.05, 4.69) is 15.6 Å². The molecule has 7 nitrogen and oxygen atoms in total. The van der Waals surface area contributed by atoms with Crippen LogP contribution in [0.4, 0.5) is 0 Å². The molecule has 0 bridgehead atoms. The van der Waals surface area contributed by atoms with Gasteiger partial charge in [0.2, 0.25) is 5.91 Å². The fourth-order valence-electron chi connectivity index (χ4n) is 3.59. The normalized spacial score (nSPS) is 14.2. The minimum absolute atomic E-state index is 0.0189. The number of hydrogen-bond acceptors (Lipinski definition) is 6. The van der Waals surface area contributed by atoms with Crippen molar-refractivity contribution >= 4 is 23.2 Å². The summed E-state index contributed by atoms with van der Waals surface area (Å²) in [6.07, 6.45) is 0. The summed E-state index contributed by atoms with van der Waals surface area (Å²) in [5.41, 5.74) is 2.67. The lowest BCUT2D eigenvalue weighted by Gasteiger charge is -2.34. The Balaban J connectivity index is 1.23. The summed E-state index contributed by atoms with van der Waals surface area (Å²) in [4.78, 5) is 33.5. The molecule has 0 spiro atoms. The standard InChI is InChI=1S/C24H26N4O3S/c1-31-21-9-7-19(8-10-21)24-26-20(17-32-24)16-27-11-13-28(14-12-27)22(29)15-25-23(30)18-5-3-2-4-6-18/h2-10,17H,11-16H2,1H3,(H,25,30). The summed E-state index contributed by atoms with van der Waals surface area (Å²) in [5.74, 6) is 0.552. The van der Waals surface area contributed by atoms with Crippen molar-refractivity contribution in [3.05, 3.63) is 71.2 Å². The number of nitrogens with zero attached hydrogens (tertiary/aromatic N) is 3. The van der Waals surface area contributed by atoms with Gasteiger partial charge in [-0.05, 0) is 36.4 Å². The number of aromatic nitrogens is 1. The molecule has 1 saturated heterocycles. The molecule has 2 aromatic carbocycles. The first-order valence-corrected chi connectivity index (χ1v) is 11.4. The molecule has 8 heteroatoms. The summed E-state index contributed by atoms with van der Waals surface area (Å²) >= 11 is 1.63. The average molecular weight is 451 g/mol. The number of benzene rings is 2. The van der Waals surface area contributed by atoms with Gasteiger partial charge in [-0.1, -0.05) is 18.2 Å². The van der Waals surface area contributed by atoms with E-state index in [9.17, 15) is 9.59 Å². The highest BCUT2D eigenvalue weighted by Crippen LogP contribution is 2.26. The van der Waals surface area contributed by atoms with E-state index in [1.807, 2.05) is 35.2 Å². The second kappa shape index (κ2) is 10.4. The first kappa shape index (κ1) is 22.0. The number of carbonyl (C=O) groups excluding carboxylic acids is 2. The first-order valence-electron chi connectivity index (χ1n) is 10.5. The first-order chi connectivity index (χ1) is 15.6. The molecule has 1 aromatic heterocycles. The van der Waals surface area contributed by atoms with Crippen LogP contribution in [0.5, 0.6) is 5.75 Å². The highest BCUT2D eigenvalue weighted by molar-refractivity contribution is 7.13. The number of thiazole rings is 1. The van der Waals surface area contributed by atoms with Gasteiger partial charge in [0.05, 0.1) is 19.3 Å². The molecule has 0 saturated carbocycles. The van der Waals surface area contributed by atoms with E-state index >= 15 is 0 Å². The van der Waals surface area contributed by atoms with Crippen molar-refractivity contribution in [1.29, 1.82) is 0 Å². The molecule has 3 aromatic rings. The predicted molar refractivity (Wildman–Crippen MR) is 125 cm³/mol. The van der Waals surface area contributed by atoms with Crippen molar-refractivity contribution in [2.24, 2.45) is 0 Å². The molecule has 166 valence electrons. The Labute approximate surface area is 191 Å². The van der Waals surface area contributed by atoms with Gasteiger partial charge in [0.25, 0.3) is 5.91 Å². The molecular weight excluding hydrogens is 424 g/mol. The summed E-state index contributed by atoms with van der Waals surface area (Å²) in [6, 6.07) is 16.8.